The first kappa shape index (κ1) is 28.2. The fourth-order valence-electron chi connectivity index (χ4n) is 7.47. The first-order valence-electron chi connectivity index (χ1n) is 16.8. The van der Waals surface area contributed by atoms with Crippen molar-refractivity contribution in [3.05, 3.63) is 182 Å². The van der Waals surface area contributed by atoms with Crippen molar-refractivity contribution >= 4 is 49.3 Å². The molecule has 1 aliphatic heterocycles. The predicted molar refractivity (Wildman–Crippen MR) is 203 cm³/mol. The molecule has 1 unspecified atom stereocenters. The van der Waals surface area contributed by atoms with Crippen molar-refractivity contribution in [2.45, 2.75) is 6.04 Å². The van der Waals surface area contributed by atoms with Crippen LogP contribution in [0.1, 0.15) is 17.3 Å². The summed E-state index contributed by atoms with van der Waals surface area (Å²) in [6.45, 7) is 0. The maximum Gasteiger partial charge on any atom is 0.0873 e. The number of aromatic nitrogens is 5. The zero-order valence-corrected chi connectivity index (χ0v) is 27.0. The topological polar surface area (TPSA) is 60.6 Å². The highest BCUT2D eigenvalue weighted by atomic mass is 15.0. The van der Waals surface area contributed by atoms with E-state index in [0.29, 0.717) is 0 Å². The van der Waals surface area contributed by atoms with E-state index in [0.717, 1.165) is 72.4 Å². The third-order valence-electron chi connectivity index (χ3n) is 9.73. The molecular formula is C44H30N6. The molecule has 1 aliphatic rings. The molecule has 9 aromatic rings. The molecule has 0 spiro atoms. The van der Waals surface area contributed by atoms with Crippen LogP contribution < -0.4 is 5.32 Å². The van der Waals surface area contributed by atoms with E-state index in [9.17, 15) is 0 Å². The van der Waals surface area contributed by atoms with Gasteiger partial charge in [-0.3, -0.25) is 15.0 Å². The Kier molecular flexibility index (Phi) is 6.45. The van der Waals surface area contributed by atoms with Gasteiger partial charge in [0.2, 0.25) is 0 Å². The Labute approximate surface area is 288 Å². The number of nitrogens with zero attached hydrogens (tertiary/aromatic N) is 5. The first-order valence-corrected chi connectivity index (χ1v) is 16.8. The lowest BCUT2D eigenvalue weighted by molar-refractivity contribution is 0.737. The van der Waals surface area contributed by atoms with Gasteiger partial charge in [0, 0.05) is 69.0 Å². The standard InChI is InChI=1S/C44H30N6/c1-3-19-41-33(13-1)35-27-45-23-21-43(35)49(41)31-11-5-9-29(25-31)37-15-7-17-39(47-37)40-18-8-16-38(48-40)30-10-6-12-32(26-30)50-42-20-4-2-14-34(42)36-28-46-24-22-44(36)50/h1-28,39,47H. The number of hydrogen-bond donors (Lipinski definition) is 1. The molecular weight excluding hydrogens is 613 g/mol. The fraction of sp³-hybridized carbons (Fsp3) is 0.0227. The molecule has 0 amide bonds. The highest BCUT2D eigenvalue weighted by molar-refractivity contribution is 6.09. The molecule has 4 aromatic carbocycles. The number of hydrogen-bond acceptors (Lipinski definition) is 4. The molecule has 0 aliphatic carbocycles. The molecule has 0 saturated heterocycles. The van der Waals surface area contributed by atoms with Crippen LogP contribution in [0, 0.1) is 0 Å². The third-order valence-corrected chi connectivity index (χ3v) is 9.73. The Morgan fingerprint density at radius 2 is 1.10 bits per heavy atom. The first-order chi connectivity index (χ1) is 24.8. The summed E-state index contributed by atoms with van der Waals surface area (Å²) < 4.78 is 4.63. The van der Waals surface area contributed by atoms with Gasteiger partial charge in [0.25, 0.3) is 0 Å². The van der Waals surface area contributed by atoms with Crippen molar-refractivity contribution in [2.75, 3.05) is 0 Å². The second-order valence-electron chi connectivity index (χ2n) is 12.6. The van der Waals surface area contributed by atoms with Gasteiger partial charge >= 0.3 is 0 Å². The van der Waals surface area contributed by atoms with Crippen molar-refractivity contribution < 1.29 is 0 Å². The lowest BCUT2D eigenvalue weighted by Gasteiger charge is -2.23. The average Bonchev–Trinajstić information content (AvgIpc) is 3.71. The van der Waals surface area contributed by atoms with Crippen molar-refractivity contribution in [1.29, 1.82) is 0 Å². The van der Waals surface area contributed by atoms with Crippen LogP contribution >= 0.6 is 0 Å². The molecule has 6 heteroatoms. The zero-order chi connectivity index (χ0) is 33.0. The van der Waals surface area contributed by atoms with E-state index in [-0.39, 0.29) is 6.04 Å². The largest absolute Gasteiger partial charge is 0.373 e. The number of dihydropyridines is 1. The van der Waals surface area contributed by atoms with E-state index in [4.69, 9.17) is 4.98 Å². The Balaban J connectivity index is 0.976. The molecule has 1 atom stereocenters. The van der Waals surface area contributed by atoms with E-state index >= 15 is 0 Å². The number of benzene rings is 4. The van der Waals surface area contributed by atoms with Crippen LogP contribution in [-0.4, -0.2) is 24.1 Å². The molecule has 0 saturated carbocycles. The van der Waals surface area contributed by atoms with Crippen LogP contribution in [0.25, 0.3) is 71.9 Å². The number of rotatable bonds is 5. The van der Waals surface area contributed by atoms with Gasteiger partial charge in [-0.25, -0.2) is 0 Å². The minimum atomic E-state index is -0.0778. The maximum absolute atomic E-state index is 5.20. The molecule has 236 valence electrons. The van der Waals surface area contributed by atoms with E-state index in [1.54, 1.807) is 0 Å². The van der Waals surface area contributed by atoms with Gasteiger partial charge in [0.15, 0.2) is 0 Å². The fourth-order valence-corrected chi connectivity index (χ4v) is 7.47. The van der Waals surface area contributed by atoms with Crippen LogP contribution in [0.5, 0.6) is 0 Å². The lowest BCUT2D eigenvalue weighted by atomic mass is 10.0. The molecule has 6 heterocycles. The summed E-state index contributed by atoms with van der Waals surface area (Å²) in [4.78, 5) is 14.0. The minimum absolute atomic E-state index is 0.0778. The lowest BCUT2D eigenvalue weighted by Crippen LogP contribution is -2.21. The highest BCUT2D eigenvalue weighted by Gasteiger charge is 2.18. The van der Waals surface area contributed by atoms with Crippen LogP contribution in [-0.2, 0) is 0 Å². The summed E-state index contributed by atoms with van der Waals surface area (Å²) in [5, 5.41) is 8.45. The van der Waals surface area contributed by atoms with Gasteiger partial charge < -0.3 is 14.5 Å². The van der Waals surface area contributed by atoms with Crippen molar-refractivity contribution in [2.24, 2.45) is 0 Å². The Morgan fingerprint density at radius 1 is 0.520 bits per heavy atom. The number of nitrogens with one attached hydrogen (secondary N) is 1. The van der Waals surface area contributed by atoms with E-state index < -0.39 is 0 Å². The van der Waals surface area contributed by atoms with Gasteiger partial charge in [-0.15, -0.1) is 0 Å². The molecule has 6 nitrogen and oxygen atoms in total. The van der Waals surface area contributed by atoms with Crippen molar-refractivity contribution in [3.63, 3.8) is 0 Å². The minimum Gasteiger partial charge on any atom is -0.373 e. The molecule has 10 rings (SSSR count). The summed E-state index contributed by atoms with van der Waals surface area (Å²) in [5.74, 6) is 0. The number of fused-ring (bicyclic) bond motifs is 6. The van der Waals surface area contributed by atoms with E-state index in [1.807, 2.05) is 24.8 Å². The molecule has 5 aromatic heterocycles. The Bertz CT molecular complexity index is 2710. The van der Waals surface area contributed by atoms with Crippen LogP contribution in [0.15, 0.2) is 170 Å². The molecule has 0 bridgehead atoms. The quantitative estimate of drug-likeness (QED) is 0.203. The average molecular weight is 643 g/mol. The smallest absolute Gasteiger partial charge is 0.0873 e. The second-order valence-corrected chi connectivity index (χ2v) is 12.6. The Hall–Kier alpha value is -6.79. The van der Waals surface area contributed by atoms with E-state index in [2.05, 4.69) is 170 Å². The van der Waals surface area contributed by atoms with Crippen molar-refractivity contribution in [1.82, 2.24) is 29.4 Å². The highest BCUT2D eigenvalue weighted by Crippen LogP contribution is 2.35. The Morgan fingerprint density at radius 3 is 1.78 bits per heavy atom. The monoisotopic (exact) mass is 642 g/mol. The van der Waals surface area contributed by atoms with Gasteiger partial charge in [-0.2, -0.15) is 0 Å². The van der Waals surface area contributed by atoms with Gasteiger partial charge in [-0.05, 0) is 72.3 Å². The predicted octanol–water partition coefficient (Wildman–Crippen LogP) is 9.97. The van der Waals surface area contributed by atoms with Gasteiger partial charge in [-0.1, -0.05) is 78.9 Å². The summed E-state index contributed by atoms with van der Waals surface area (Å²) >= 11 is 0. The number of allylic oxidation sites excluding steroid dienone is 2. The normalized spacial score (nSPS) is 14.4. The summed E-state index contributed by atoms with van der Waals surface area (Å²) in [7, 11) is 0. The molecule has 1 N–H and O–H groups in total. The number of pyridine rings is 3. The third kappa shape index (κ3) is 4.54. The van der Waals surface area contributed by atoms with Crippen LogP contribution in [0.4, 0.5) is 0 Å². The summed E-state index contributed by atoms with van der Waals surface area (Å²) in [6.07, 6.45) is 14.1. The SMILES string of the molecule is C1=CC(c2cccc(-c3cccc(-n4c5ccccc5c5cnccc54)c3)n2)NC(c2cccc(-n3c4ccccc4c4cnccc43)c2)=C1. The zero-order valence-electron chi connectivity index (χ0n) is 27.0. The summed E-state index contributed by atoms with van der Waals surface area (Å²) in [6, 6.07) is 44.8. The molecule has 0 fully saturated rings. The van der Waals surface area contributed by atoms with Gasteiger partial charge in [0.05, 0.1) is 39.5 Å². The van der Waals surface area contributed by atoms with Crippen molar-refractivity contribution in [3.8, 4) is 22.6 Å². The van der Waals surface area contributed by atoms with Crippen LogP contribution in [0.2, 0.25) is 0 Å². The second kappa shape index (κ2) is 11.4. The van der Waals surface area contributed by atoms with Crippen LogP contribution in [0.3, 0.4) is 0 Å². The summed E-state index contributed by atoms with van der Waals surface area (Å²) in [5.41, 5.74) is 11.9. The molecule has 0 radical (unpaired) electrons. The molecule has 50 heavy (non-hydrogen) atoms. The van der Waals surface area contributed by atoms with Gasteiger partial charge in [0.1, 0.15) is 0 Å². The number of para-hydroxylation sites is 2. The maximum atomic E-state index is 5.20. The van der Waals surface area contributed by atoms with E-state index in [1.165, 1.54) is 10.8 Å².